The summed E-state index contributed by atoms with van der Waals surface area (Å²) in [6.45, 7) is 3.08. The summed E-state index contributed by atoms with van der Waals surface area (Å²) in [5.74, 6) is 0.885. The van der Waals surface area contributed by atoms with Crippen LogP contribution in [0.15, 0.2) is 41.5 Å². The van der Waals surface area contributed by atoms with Crippen molar-refractivity contribution in [3.8, 4) is 0 Å². The fourth-order valence-electron chi connectivity index (χ4n) is 4.38. The molecule has 1 aliphatic heterocycles. The summed E-state index contributed by atoms with van der Waals surface area (Å²) < 4.78 is 0. The molecule has 1 aliphatic carbocycles. The number of nitrogens with one attached hydrogen (secondary N) is 2. The zero-order valence-electron chi connectivity index (χ0n) is 16.0. The van der Waals surface area contributed by atoms with Gasteiger partial charge in [0.05, 0.1) is 5.52 Å². The number of guanidine groups is 1. The van der Waals surface area contributed by atoms with E-state index in [-0.39, 0.29) is 24.0 Å². The van der Waals surface area contributed by atoms with Gasteiger partial charge < -0.3 is 10.6 Å². The van der Waals surface area contributed by atoms with Gasteiger partial charge in [0.15, 0.2) is 5.96 Å². The number of halogens is 1. The number of aromatic nitrogens is 1. The zero-order chi connectivity index (χ0) is 17.8. The number of hydrogen-bond donors (Lipinski definition) is 2. The van der Waals surface area contributed by atoms with Crippen LogP contribution >= 0.6 is 24.0 Å². The summed E-state index contributed by atoms with van der Waals surface area (Å²) in [7, 11) is 1.85. The molecular formula is C21H30IN5. The number of hydrogen-bond acceptors (Lipinski definition) is 3. The molecule has 1 saturated carbocycles. The second kappa shape index (κ2) is 9.68. The molecular weight excluding hydrogens is 449 g/mol. The summed E-state index contributed by atoms with van der Waals surface area (Å²) in [6.07, 6.45) is 8.63. The molecule has 6 heteroatoms. The summed E-state index contributed by atoms with van der Waals surface area (Å²) in [5.41, 5.74) is 2.26. The molecule has 0 bridgehead atoms. The van der Waals surface area contributed by atoms with Gasteiger partial charge in [-0.05, 0) is 30.9 Å². The lowest BCUT2D eigenvalue weighted by molar-refractivity contribution is 0.242. The minimum atomic E-state index is 0. The number of aliphatic imine (C=N–C) groups is 1. The molecule has 0 radical (unpaired) electrons. The Kier molecular flexibility index (Phi) is 7.29. The summed E-state index contributed by atoms with van der Waals surface area (Å²) in [4.78, 5) is 11.6. The average molecular weight is 479 g/mol. The Labute approximate surface area is 179 Å². The van der Waals surface area contributed by atoms with Crippen molar-refractivity contribution in [3.05, 3.63) is 42.1 Å². The van der Waals surface area contributed by atoms with Crippen LogP contribution in [0.3, 0.4) is 0 Å². The van der Waals surface area contributed by atoms with E-state index in [0.29, 0.717) is 6.04 Å². The Morgan fingerprint density at radius 1 is 1.19 bits per heavy atom. The maximum absolute atomic E-state index is 4.54. The highest BCUT2D eigenvalue weighted by Gasteiger charge is 2.30. The second-order valence-electron chi connectivity index (χ2n) is 7.48. The standard InChI is InChI=1S/C21H29N5.HI/c1-22-21(25-18-11-13-26(15-18)19-9-2-3-10-19)24-14-17-7-4-6-16-8-5-12-23-20(16)17;/h4-8,12,18-19H,2-3,9-11,13-15H2,1H3,(H2,22,24,25);1H. The smallest absolute Gasteiger partial charge is 0.191 e. The van der Waals surface area contributed by atoms with Crippen LogP contribution in [0.5, 0.6) is 0 Å². The number of nitrogens with zero attached hydrogens (tertiary/aromatic N) is 3. The third-order valence-corrected chi connectivity index (χ3v) is 5.79. The minimum absolute atomic E-state index is 0. The van der Waals surface area contributed by atoms with E-state index in [1.54, 1.807) is 0 Å². The van der Waals surface area contributed by atoms with Crippen molar-refractivity contribution in [3.63, 3.8) is 0 Å². The number of likely N-dealkylation sites (tertiary alicyclic amines) is 1. The molecule has 2 fully saturated rings. The molecule has 5 nitrogen and oxygen atoms in total. The molecule has 1 unspecified atom stereocenters. The van der Waals surface area contributed by atoms with Gasteiger partial charge in [0.1, 0.15) is 0 Å². The third-order valence-electron chi connectivity index (χ3n) is 5.79. The fourth-order valence-corrected chi connectivity index (χ4v) is 4.38. The van der Waals surface area contributed by atoms with Gasteiger partial charge >= 0.3 is 0 Å². The lowest BCUT2D eigenvalue weighted by Crippen LogP contribution is -2.45. The number of pyridine rings is 1. The molecule has 1 atom stereocenters. The van der Waals surface area contributed by atoms with Crippen LogP contribution in [0.25, 0.3) is 10.9 Å². The van der Waals surface area contributed by atoms with Gasteiger partial charge in [-0.3, -0.25) is 14.9 Å². The Bertz CT molecular complexity index is 767. The first kappa shape index (κ1) is 20.3. The zero-order valence-corrected chi connectivity index (χ0v) is 18.4. The first-order valence-corrected chi connectivity index (χ1v) is 9.87. The molecule has 27 heavy (non-hydrogen) atoms. The molecule has 4 rings (SSSR count). The molecule has 1 aromatic heterocycles. The van der Waals surface area contributed by atoms with Gasteiger partial charge in [0.2, 0.25) is 0 Å². The Morgan fingerprint density at radius 3 is 2.81 bits per heavy atom. The molecule has 2 heterocycles. The predicted octanol–water partition coefficient (Wildman–Crippen LogP) is 3.53. The molecule has 1 saturated heterocycles. The van der Waals surface area contributed by atoms with E-state index in [0.717, 1.165) is 30.6 Å². The van der Waals surface area contributed by atoms with Crippen molar-refractivity contribution in [2.45, 2.75) is 50.7 Å². The highest BCUT2D eigenvalue weighted by Crippen LogP contribution is 2.26. The van der Waals surface area contributed by atoms with Crippen LogP contribution in [-0.2, 0) is 6.54 Å². The van der Waals surface area contributed by atoms with E-state index in [9.17, 15) is 0 Å². The minimum Gasteiger partial charge on any atom is -0.352 e. The fraction of sp³-hybridized carbons (Fsp3) is 0.524. The second-order valence-corrected chi connectivity index (χ2v) is 7.48. The topological polar surface area (TPSA) is 52.6 Å². The first-order chi connectivity index (χ1) is 12.8. The van der Waals surface area contributed by atoms with E-state index >= 15 is 0 Å². The van der Waals surface area contributed by atoms with Crippen molar-refractivity contribution in [1.82, 2.24) is 20.5 Å². The summed E-state index contributed by atoms with van der Waals surface area (Å²) >= 11 is 0. The van der Waals surface area contributed by atoms with Crippen LogP contribution < -0.4 is 10.6 Å². The maximum Gasteiger partial charge on any atom is 0.191 e. The highest BCUT2D eigenvalue weighted by atomic mass is 127. The van der Waals surface area contributed by atoms with Gasteiger partial charge in [-0.2, -0.15) is 0 Å². The van der Waals surface area contributed by atoms with E-state index in [4.69, 9.17) is 0 Å². The van der Waals surface area contributed by atoms with Crippen molar-refractivity contribution >= 4 is 40.8 Å². The summed E-state index contributed by atoms with van der Waals surface area (Å²) in [6, 6.07) is 11.7. The highest BCUT2D eigenvalue weighted by molar-refractivity contribution is 14.0. The van der Waals surface area contributed by atoms with Crippen molar-refractivity contribution < 1.29 is 0 Å². The van der Waals surface area contributed by atoms with Crippen LogP contribution in [0.2, 0.25) is 0 Å². The SMILES string of the molecule is CN=C(NCc1cccc2cccnc12)NC1CCN(C2CCCC2)C1.I. The Balaban J connectivity index is 0.00000210. The van der Waals surface area contributed by atoms with Gasteiger partial charge in [0, 0.05) is 50.3 Å². The van der Waals surface area contributed by atoms with Gasteiger partial charge in [-0.1, -0.05) is 37.1 Å². The molecule has 0 spiro atoms. The van der Waals surface area contributed by atoms with Crippen molar-refractivity contribution in [2.75, 3.05) is 20.1 Å². The van der Waals surface area contributed by atoms with Gasteiger partial charge in [-0.15, -0.1) is 24.0 Å². The molecule has 2 N–H and O–H groups in total. The Morgan fingerprint density at radius 2 is 2.00 bits per heavy atom. The monoisotopic (exact) mass is 479 g/mol. The lowest BCUT2D eigenvalue weighted by Gasteiger charge is -2.24. The predicted molar refractivity (Wildman–Crippen MR) is 123 cm³/mol. The van der Waals surface area contributed by atoms with Crippen molar-refractivity contribution in [1.29, 1.82) is 0 Å². The Hall–Kier alpha value is -1.41. The molecule has 2 aromatic rings. The number of rotatable bonds is 4. The maximum atomic E-state index is 4.54. The summed E-state index contributed by atoms with van der Waals surface area (Å²) in [5, 5.41) is 8.26. The van der Waals surface area contributed by atoms with Crippen LogP contribution in [-0.4, -0.2) is 48.1 Å². The van der Waals surface area contributed by atoms with E-state index in [1.807, 2.05) is 19.3 Å². The van der Waals surface area contributed by atoms with Gasteiger partial charge in [-0.25, -0.2) is 0 Å². The van der Waals surface area contributed by atoms with Gasteiger partial charge in [0.25, 0.3) is 0 Å². The van der Waals surface area contributed by atoms with Crippen LogP contribution in [0, 0.1) is 0 Å². The van der Waals surface area contributed by atoms with Crippen molar-refractivity contribution in [2.24, 2.45) is 4.99 Å². The van der Waals surface area contributed by atoms with E-state index < -0.39 is 0 Å². The number of benzene rings is 1. The van der Waals surface area contributed by atoms with E-state index in [1.165, 1.54) is 49.6 Å². The average Bonchev–Trinajstić information content (AvgIpc) is 3.36. The largest absolute Gasteiger partial charge is 0.352 e. The normalized spacial score (nSPS) is 21.4. The molecule has 1 aromatic carbocycles. The van der Waals surface area contributed by atoms with Crippen LogP contribution in [0.1, 0.15) is 37.7 Å². The molecule has 2 aliphatic rings. The van der Waals surface area contributed by atoms with E-state index in [2.05, 4.69) is 49.8 Å². The number of fused-ring (bicyclic) bond motifs is 1. The van der Waals surface area contributed by atoms with Crippen LogP contribution in [0.4, 0.5) is 0 Å². The number of para-hydroxylation sites is 1. The lowest BCUT2D eigenvalue weighted by atomic mass is 10.1. The third kappa shape index (κ3) is 4.90. The molecule has 146 valence electrons. The quantitative estimate of drug-likeness (QED) is 0.400. The first-order valence-electron chi connectivity index (χ1n) is 9.87. The molecule has 0 amide bonds.